The van der Waals surface area contributed by atoms with Crippen molar-refractivity contribution in [3.63, 3.8) is 0 Å². The van der Waals surface area contributed by atoms with Crippen molar-refractivity contribution >= 4 is 11.4 Å². The summed E-state index contributed by atoms with van der Waals surface area (Å²) >= 11 is 0. The number of nitrogens with one attached hydrogen (secondary N) is 1. The Labute approximate surface area is 93.9 Å². The molecule has 0 bridgehead atoms. The van der Waals surface area contributed by atoms with Gasteiger partial charge in [0, 0.05) is 18.7 Å². The van der Waals surface area contributed by atoms with Crippen molar-refractivity contribution in [1.29, 1.82) is 0 Å². The van der Waals surface area contributed by atoms with Crippen molar-refractivity contribution < 1.29 is 9.66 Å². The van der Waals surface area contributed by atoms with Crippen LogP contribution in [-0.4, -0.2) is 18.6 Å². The van der Waals surface area contributed by atoms with Crippen LogP contribution in [0.1, 0.15) is 6.92 Å². The highest BCUT2D eigenvalue weighted by Gasteiger charge is 2.10. The Bertz CT molecular complexity index is 416. The van der Waals surface area contributed by atoms with Crippen molar-refractivity contribution in [3.05, 3.63) is 40.5 Å². The number of methoxy groups -OCH3 is 1. The Kier molecular flexibility index (Phi) is 3.88. The van der Waals surface area contributed by atoms with Crippen LogP contribution in [0.2, 0.25) is 0 Å². The summed E-state index contributed by atoms with van der Waals surface area (Å²) in [5, 5.41) is 13.6. The van der Waals surface area contributed by atoms with Gasteiger partial charge >= 0.3 is 0 Å². The van der Waals surface area contributed by atoms with Gasteiger partial charge in [0.2, 0.25) is 0 Å². The number of hydrogen-bond donors (Lipinski definition) is 1. The number of nitrogens with zero attached hydrogens (tertiary/aromatic N) is 1. The number of hydrogen-bond acceptors (Lipinski definition) is 4. The molecule has 0 radical (unpaired) electrons. The second-order valence-electron chi connectivity index (χ2n) is 3.45. The summed E-state index contributed by atoms with van der Waals surface area (Å²) in [4.78, 5) is 10.2. The molecule has 0 aromatic heterocycles. The summed E-state index contributed by atoms with van der Waals surface area (Å²) in [6, 6.07) is 4.42. The molecule has 1 aromatic rings. The van der Waals surface area contributed by atoms with Crippen LogP contribution in [0.5, 0.6) is 5.75 Å². The molecule has 1 N–H and O–H groups in total. The monoisotopic (exact) mass is 222 g/mol. The predicted octanol–water partition coefficient (Wildman–Crippen LogP) is 2.59. The van der Waals surface area contributed by atoms with E-state index in [1.165, 1.54) is 19.2 Å². The average Bonchev–Trinajstić information content (AvgIpc) is 2.25. The van der Waals surface area contributed by atoms with Gasteiger partial charge < -0.3 is 10.1 Å². The van der Waals surface area contributed by atoms with Gasteiger partial charge in [-0.3, -0.25) is 10.1 Å². The molecule has 1 aromatic carbocycles. The molecule has 0 saturated heterocycles. The van der Waals surface area contributed by atoms with E-state index in [0.717, 1.165) is 5.57 Å². The molecular weight excluding hydrogens is 208 g/mol. The Morgan fingerprint density at radius 2 is 2.31 bits per heavy atom. The van der Waals surface area contributed by atoms with Crippen molar-refractivity contribution in [2.75, 3.05) is 19.0 Å². The van der Waals surface area contributed by atoms with Gasteiger partial charge in [0.1, 0.15) is 5.75 Å². The highest BCUT2D eigenvalue weighted by molar-refractivity contribution is 5.61. The lowest BCUT2D eigenvalue weighted by atomic mass is 10.2. The molecule has 0 aliphatic carbocycles. The molecule has 1 rings (SSSR count). The summed E-state index contributed by atoms with van der Waals surface area (Å²) in [7, 11) is 1.52. The van der Waals surface area contributed by atoms with Crippen molar-refractivity contribution in [2.45, 2.75) is 6.92 Å². The smallest absolute Gasteiger partial charge is 0.271 e. The van der Waals surface area contributed by atoms with Gasteiger partial charge in [-0.1, -0.05) is 12.2 Å². The van der Waals surface area contributed by atoms with Crippen molar-refractivity contribution in [3.8, 4) is 5.75 Å². The summed E-state index contributed by atoms with van der Waals surface area (Å²) in [5.41, 5.74) is 1.57. The molecule has 0 spiro atoms. The fraction of sp³-hybridized carbons (Fsp3) is 0.273. The van der Waals surface area contributed by atoms with E-state index in [2.05, 4.69) is 11.9 Å². The average molecular weight is 222 g/mol. The Balaban J connectivity index is 2.97. The Morgan fingerprint density at radius 1 is 1.62 bits per heavy atom. The maximum absolute atomic E-state index is 10.6. The third-order valence-corrected chi connectivity index (χ3v) is 1.97. The number of non-ortho nitro benzene ring substituents is 1. The van der Waals surface area contributed by atoms with E-state index in [-0.39, 0.29) is 5.69 Å². The summed E-state index contributed by atoms with van der Waals surface area (Å²) in [6.07, 6.45) is 0. The summed E-state index contributed by atoms with van der Waals surface area (Å²) in [5.74, 6) is 0.576. The second-order valence-corrected chi connectivity index (χ2v) is 3.45. The Morgan fingerprint density at radius 3 is 2.81 bits per heavy atom. The first-order valence-corrected chi connectivity index (χ1v) is 4.75. The van der Waals surface area contributed by atoms with Gasteiger partial charge in [0.15, 0.2) is 0 Å². The van der Waals surface area contributed by atoms with E-state index in [9.17, 15) is 10.1 Å². The lowest BCUT2D eigenvalue weighted by Crippen LogP contribution is -2.04. The summed E-state index contributed by atoms with van der Waals surface area (Å²) in [6.45, 7) is 6.17. The quantitative estimate of drug-likeness (QED) is 0.472. The molecule has 5 heteroatoms. The maximum atomic E-state index is 10.6. The molecule has 0 saturated carbocycles. The van der Waals surface area contributed by atoms with Crippen LogP contribution in [0, 0.1) is 10.1 Å². The highest BCUT2D eigenvalue weighted by Crippen LogP contribution is 2.28. The highest BCUT2D eigenvalue weighted by atomic mass is 16.6. The van der Waals surface area contributed by atoms with Crippen LogP contribution >= 0.6 is 0 Å². The molecule has 16 heavy (non-hydrogen) atoms. The first-order valence-electron chi connectivity index (χ1n) is 4.75. The Hall–Kier alpha value is -2.04. The molecule has 0 unspecified atom stereocenters. The van der Waals surface area contributed by atoms with E-state index in [1.54, 1.807) is 6.07 Å². The number of ether oxygens (including phenoxy) is 1. The molecule has 0 aliphatic rings. The standard InChI is InChI=1S/C11H14N2O3/c1-8(2)7-12-10-6-9(13(14)15)4-5-11(10)16-3/h4-6,12H,1,7H2,2-3H3. The van der Waals surface area contributed by atoms with Crippen LogP contribution in [0.3, 0.4) is 0 Å². The molecule has 0 fully saturated rings. The van der Waals surface area contributed by atoms with Crippen LogP contribution in [0.4, 0.5) is 11.4 Å². The first kappa shape index (κ1) is 12.0. The van der Waals surface area contributed by atoms with Crippen LogP contribution in [-0.2, 0) is 0 Å². The van der Waals surface area contributed by atoms with E-state index in [0.29, 0.717) is 18.0 Å². The zero-order valence-electron chi connectivity index (χ0n) is 9.32. The number of nitro benzene ring substituents is 1. The van der Waals surface area contributed by atoms with Gasteiger partial charge in [-0.2, -0.15) is 0 Å². The largest absolute Gasteiger partial charge is 0.495 e. The third kappa shape index (κ3) is 2.98. The van der Waals surface area contributed by atoms with Crippen LogP contribution in [0.15, 0.2) is 30.4 Å². The first-order chi connectivity index (χ1) is 7.54. The van der Waals surface area contributed by atoms with E-state index < -0.39 is 4.92 Å². The van der Waals surface area contributed by atoms with E-state index in [1.807, 2.05) is 6.92 Å². The molecule has 5 nitrogen and oxygen atoms in total. The molecule has 0 heterocycles. The second kappa shape index (κ2) is 5.16. The van der Waals surface area contributed by atoms with Gasteiger partial charge in [-0.15, -0.1) is 0 Å². The van der Waals surface area contributed by atoms with E-state index >= 15 is 0 Å². The molecule has 86 valence electrons. The van der Waals surface area contributed by atoms with E-state index in [4.69, 9.17) is 4.74 Å². The molecule has 0 aliphatic heterocycles. The molecular formula is C11H14N2O3. The van der Waals surface area contributed by atoms with Crippen molar-refractivity contribution in [1.82, 2.24) is 0 Å². The number of rotatable bonds is 5. The minimum atomic E-state index is -0.439. The predicted molar refractivity (Wildman–Crippen MR) is 63.0 cm³/mol. The number of benzene rings is 1. The van der Waals surface area contributed by atoms with Gasteiger partial charge in [0.25, 0.3) is 5.69 Å². The normalized spacial score (nSPS) is 9.62. The summed E-state index contributed by atoms with van der Waals surface area (Å²) < 4.78 is 5.10. The maximum Gasteiger partial charge on any atom is 0.271 e. The minimum absolute atomic E-state index is 0.0324. The SMILES string of the molecule is C=C(C)CNc1cc([N+](=O)[O-])ccc1OC. The van der Waals surface area contributed by atoms with Crippen LogP contribution in [0.25, 0.3) is 0 Å². The topological polar surface area (TPSA) is 64.4 Å². The lowest BCUT2D eigenvalue weighted by Gasteiger charge is -2.10. The zero-order chi connectivity index (χ0) is 12.1. The third-order valence-electron chi connectivity index (χ3n) is 1.97. The molecule has 0 amide bonds. The number of anilines is 1. The van der Waals surface area contributed by atoms with Gasteiger partial charge in [-0.05, 0) is 13.0 Å². The van der Waals surface area contributed by atoms with Crippen molar-refractivity contribution in [2.24, 2.45) is 0 Å². The molecule has 0 atom stereocenters. The fourth-order valence-corrected chi connectivity index (χ4v) is 1.19. The van der Waals surface area contributed by atoms with Gasteiger partial charge in [0.05, 0.1) is 17.7 Å². The lowest BCUT2D eigenvalue weighted by molar-refractivity contribution is -0.384. The number of nitro groups is 1. The van der Waals surface area contributed by atoms with Crippen LogP contribution < -0.4 is 10.1 Å². The minimum Gasteiger partial charge on any atom is -0.495 e. The fourth-order valence-electron chi connectivity index (χ4n) is 1.19. The zero-order valence-corrected chi connectivity index (χ0v) is 9.32. The van der Waals surface area contributed by atoms with Gasteiger partial charge in [-0.25, -0.2) is 0 Å².